The normalized spacial score (nSPS) is 17.0. The predicted octanol–water partition coefficient (Wildman–Crippen LogP) is 3.16. The highest BCUT2D eigenvalue weighted by molar-refractivity contribution is 14.0. The Kier molecular flexibility index (Phi) is 6.75. The van der Waals surface area contributed by atoms with Crippen molar-refractivity contribution in [2.75, 3.05) is 19.0 Å². The van der Waals surface area contributed by atoms with Crippen LogP contribution in [-0.4, -0.2) is 25.2 Å². The lowest BCUT2D eigenvalue weighted by molar-refractivity contribution is -0.0629. The lowest BCUT2D eigenvalue weighted by Gasteiger charge is -2.39. The van der Waals surface area contributed by atoms with Crippen LogP contribution in [0.15, 0.2) is 29.3 Å². The van der Waals surface area contributed by atoms with Crippen molar-refractivity contribution in [2.45, 2.75) is 38.2 Å². The number of rotatable bonds is 5. The van der Waals surface area contributed by atoms with E-state index in [2.05, 4.69) is 29.4 Å². The van der Waals surface area contributed by atoms with Gasteiger partial charge in [-0.05, 0) is 43.4 Å². The Morgan fingerprint density at radius 1 is 1.45 bits per heavy atom. The lowest BCUT2D eigenvalue weighted by atomic mass is 9.80. The fourth-order valence-electron chi connectivity index (χ4n) is 2.28. The van der Waals surface area contributed by atoms with E-state index >= 15 is 0 Å². The molecule has 112 valence electrons. The molecule has 0 spiro atoms. The Balaban J connectivity index is 0.00000200. The molecule has 1 saturated carbocycles. The maximum atomic E-state index is 5.92. The maximum Gasteiger partial charge on any atom is 0.193 e. The first kappa shape index (κ1) is 17.2. The zero-order valence-corrected chi connectivity index (χ0v) is 14.5. The Morgan fingerprint density at radius 3 is 2.75 bits per heavy atom. The summed E-state index contributed by atoms with van der Waals surface area (Å²) in [5, 5.41) is 3.13. The third kappa shape index (κ3) is 4.34. The number of nitrogens with two attached hydrogens (primary N) is 1. The molecule has 3 N–H and O–H groups in total. The molecule has 1 aromatic carbocycles. The number of nitrogens with one attached hydrogen (secondary N) is 1. The van der Waals surface area contributed by atoms with Crippen molar-refractivity contribution in [3.8, 4) is 0 Å². The standard InChI is InChI=1S/C15H23N3O.HI/c1-3-12-6-4-7-13(10-12)18-14(16)17-11-15(19-2)8-5-9-15;/h4,6-7,10H,3,5,8-9,11H2,1-2H3,(H3,16,17,18);1H. The molecule has 1 aliphatic carbocycles. The van der Waals surface area contributed by atoms with E-state index in [0.717, 1.165) is 24.9 Å². The van der Waals surface area contributed by atoms with Crippen LogP contribution in [0.2, 0.25) is 0 Å². The van der Waals surface area contributed by atoms with E-state index < -0.39 is 0 Å². The summed E-state index contributed by atoms with van der Waals surface area (Å²) >= 11 is 0. The summed E-state index contributed by atoms with van der Waals surface area (Å²) in [6.45, 7) is 2.77. The molecule has 20 heavy (non-hydrogen) atoms. The molecule has 0 radical (unpaired) electrons. The maximum absolute atomic E-state index is 5.92. The molecule has 4 nitrogen and oxygen atoms in total. The van der Waals surface area contributed by atoms with Gasteiger partial charge in [-0.3, -0.25) is 4.99 Å². The molecule has 0 unspecified atom stereocenters. The molecule has 0 atom stereocenters. The van der Waals surface area contributed by atoms with Crippen molar-refractivity contribution in [3.05, 3.63) is 29.8 Å². The number of halogens is 1. The van der Waals surface area contributed by atoms with E-state index in [1.807, 2.05) is 12.1 Å². The zero-order valence-electron chi connectivity index (χ0n) is 12.2. The number of hydrogen-bond acceptors (Lipinski definition) is 2. The van der Waals surface area contributed by atoms with E-state index in [0.29, 0.717) is 12.5 Å². The van der Waals surface area contributed by atoms with Gasteiger partial charge in [0.1, 0.15) is 0 Å². The number of methoxy groups -OCH3 is 1. The van der Waals surface area contributed by atoms with Gasteiger partial charge >= 0.3 is 0 Å². The number of aryl methyl sites for hydroxylation is 1. The molecule has 0 aromatic heterocycles. The van der Waals surface area contributed by atoms with E-state index in [9.17, 15) is 0 Å². The van der Waals surface area contributed by atoms with E-state index in [1.165, 1.54) is 12.0 Å². The number of benzene rings is 1. The Hall–Kier alpha value is -0.820. The molecule has 2 rings (SSSR count). The topological polar surface area (TPSA) is 59.6 Å². The summed E-state index contributed by atoms with van der Waals surface area (Å²) < 4.78 is 5.52. The van der Waals surface area contributed by atoms with E-state index in [-0.39, 0.29) is 29.6 Å². The summed E-state index contributed by atoms with van der Waals surface area (Å²) in [5.74, 6) is 0.455. The van der Waals surface area contributed by atoms with Crippen LogP contribution < -0.4 is 11.1 Å². The molecular weight excluding hydrogens is 365 g/mol. The van der Waals surface area contributed by atoms with Gasteiger partial charge < -0.3 is 15.8 Å². The summed E-state index contributed by atoms with van der Waals surface area (Å²) in [7, 11) is 1.75. The number of anilines is 1. The molecule has 0 bridgehead atoms. The fourth-order valence-corrected chi connectivity index (χ4v) is 2.28. The van der Waals surface area contributed by atoms with Crippen LogP contribution in [0.5, 0.6) is 0 Å². The quantitative estimate of drug-likeness (QED) is 0.462. The van der Waals surface area contributed by atoms with Gasteiger partial charge in [-0.15, -0.1) is 24.0 Å². The third-order valence-electron chi connectivity index (χ3n) is 3.84. The summed E-state index contributed by atoms with van der Waals surface area (Å²) in [6, 6.07) is 8.22. The van der Waals surface area contributed by atoms with Gasteiger partial charge in [0.2, 0.25) is 0 Å². The van der Waals surface area contributed by atoms with E-state index in [4.69, 9.17) is 10.5 Å². The monoisotopic (exact) mass is 389 g/mol. The van der Waals surface area contributed by atoms with Gasteiger partial charge in [-0.1, -0.05) is 19.1 Å². The number of ether oxygens (including phenoxy) is 1. The highest BCUT2D eigenvalue weighted by atomic mass is 127. The average Bonchev–Trinajstić information content (AvgIpc) is 2.38. The molecule has 1 aromatic rings. The number of guanidine groups is 1. The number of hydrogen-bond donors (Lipinski definition) is 2. The SMILES string of the molecule is CCc1cccc(NC(N)=NCC2(OC)CCC2)c1.I. The summed E-state index contributed by atoms with van der Waals surface area (Å²) in [6.07, 6.45) is 4.38. The van der Waals surface area contributed by atoms with Crippen molar-refractivity contribution in [1.82, 2.24) is 0 Å². The molecule has 0 aliphatic heterocycles. The lowest BCUT2D eigenvalue weighted by Crippen LogP contribution is -2.43. The predicted molar refractivity (Wildman–Crippen MR) is 94.9 cm³/mol. The minimum absolute atomic E-state index is 0. The molecule has 0 saturated heterocycles. The molecule has 1 fully saturated rings. The third-order valence-corrected chi connectivity index (χ3v) is 3.84. The first-order valence-electron chi connectivity index (χ1n) is 6.88. The average molecular weight is 389 g/mol. The number of nitrogens with zero attached hydrogens (tertiary/aromatic N) is 1. The second kappa shape index (κ2) is 7.83. The zero-order chi connectivity index (χ0) is 13.7. The van der Waals surface area contributed by atoms with Crippen molar-refractivity contribution < 1.29 is 4.74 Å². The van der Waals surface area contributed by atoms with Crippen LogP contribution in [0.3, 0.4) is 0 Å². The van der Waals surface area contributed by atoms with Crippen LogP contribution in [0.1, 0.15) is 31.7 Å². The van der Waals surface area contributed by atoms with Crippen molar-refractivity contribution >= 4 is 35.6 Å². The Bertz CT molecular complexity index is 453. The molecular formula is C15H24IN3O. The first-order chi connectivity index (χ1) is 9.17. The van der Waals surface area contributed by atoms with Crippen LogP contribution in [-0.2, 0) is 11.2 Å². The van der Waals surface area contributed by atoms with Crippen LogP contribution in [0.4, 0.5) is 5.69 Å². The van der Waals surface area contributed by atoms with Crippen molar-refractivity contribution in [2.24, 2.45) is 10.7 Å². The van der Waals surface area contributed by atoms with Crippen LogP contribution in [0, 0.1) is 0 Å². The van der Waals surface area contributed by atoms with Gasteiger partial charge in [0.15, 0.2) is 5.96 Å². The van der Waals surface area contributed by atoms with Crippen LogP contribution in [0.25, 0.3) is 0 Å². The van der Waals surface area contributed by atoms with E-state index in [1.54, 1.807) is 7.11 Å². The highest BCUT2D eigenvalue weighted by Gasteiger charge is 2.36. The van der Waals surface area contributed by atoms with Crippen molar-refractivity contribution in [1.29, 1.82) is 0 Å². The van der Waals surface area contributed by atoms with Crippen molar-refractivity contribution in [3.63, 3.8) is 0 Å². The molecule has 1 aliphatic rings. The molecule has 5 heteroatoms. The second-order valence-electron chi connectivity index (χ2n) is 5.12. The summed E-state index contributed by atoms with van der Waals surface area (Å²) in [5.41, 5.74) is 8.12. The van der Waals surface area contributed by atoms with Crippen LogP contribution >= 0.6 is 24.0 Å². The first-order valence-corrected chi connectivity index (χ1v) is 6.88. The number of aliphatic imine (C=N–C) groups is 1. The Morgan fingerprint density at radius 2 is 2.20 bits per heavy atom. The van der Waals surface area contributed by atoms with Gasteiger partial charge in [-0.25, -0.2) is 0 Å². The Labute approximate surface area is 138 Å². The van der Waals surface area contributed by atoms with Gasteiger partial charge in [0, 0.05) is 12.8 Å². The minimum atomic E-state index is -0.0719. The molecule has 0 heterocycles. The van der Waals surface area contributed by atoms with Gasteiger partial charge in [0.25, 0.3) is 0 Å². The second-order valence-corrected chi connectivity index (χ2v) is 5.12. The summed E-state index contributed by atoms with van der Waals surface area (Å²) in [4.78, 5) is 4.40. The van der Waals surface area contributed by atoms with Gasteiger partial charge in [0.05, 0.1) is 12.1 Å². The molecule has 0 amide bonds. The highest BCUT2D eigenvalue weighted by Crippen LogP contribution is 2.35. The van der Waals surface area contributed by atoms with Gasteiger partial charge in [-0.2, -0.15) is 0 Å². The fraction of sp³-hybridized carbons (Fsp3) is 0.533. The minimum Gasteiger partial charge on any atom is -0.376 e. The smallest absolute Gasteiger partial charge is 0.193 e. The largest absolute Gasteiger partial charge is 0.376 e.